The Balaban J connectivity index is 1.98. The minimum absolute atomic E-state index is 0.0805. The molecule has 1 aromatic heterocycles. The first-order chi connectivity index (χ1) is 11.0. The van der Waals surface area contributed by atoms with E-state index in [1.807, 2.05) is 24.3 Å². The number of nitrogens with one attached hydrogen (secondary N) is 1. The number of carbonyl (C=O) groups is 2. The lowest BCUT2D eigenvalue weighted by Gasteiger charge is -2.08. The van der Waals surface area contributed by atoms with Crippen molar-refractivity contribution in [2.45, 2.75) is 0 Å². The molecule has 0 aliphatic carbocycles. The van der Waals surface area contributed by atoms with Gasteiger partial charge in [0.2, 0.25) is 0 Å². The zero-order valence-corrected chi connectivity index (χ0v) is 13.8. The molecule has 1 heterocycles. The Hall–Kier alpha value is -2.08. The fourth-order valence-corrected chi connectivity index (χ4v) is 3.73. The normalized spacial score (nSPS) is 10.7. The molecule has 1 amide bonds. The summed E-state index contributed by atoms with van der Waals surface area (Å²) in [7, 11) is 0. The molecule has 116 valence electrons. The highest BCUT2D eigenvalue weighted by atomic mass is 35.5. The van der Waals surface area contributed by atoms with E-state index in [9.17, 15) is 14.7 Å². The van der Waals surface area contributed by atoms with Crippen LogP contribution in [0.15, 0.2) is 42.5 Å². The number of benzene rings is 2. The Kier molecular flexibility index (Phi) is 4.26. The molecule has 0 aliphatic heterocycles. The number of carboxylic acid groups (broad SMARTS) is 1. The summed E-state index contributed by atoms with van der Waals surface area (Å²) < 4.78 is 0.886. The van der Waals surface area contributed by atoms with Crippen LogP contribution < -0.4 is 5.32 Å². The van der Waals surface area contributed by atoms with Crippen LogP contribution in [0.2, 0.25) is 10.0 Å². The van der Waals surface area contributed by atoms with Gasteiger partial charge in [-0.1, -0.05) is 41.4 Å². The first-order valence-electron chi connectivity index (χ1n) is 6.48. The van der Waals surface area contributed by atoms with Crippen LogP contribution in [0.5, 0.6) is 0 Å². The summed E-state index contributed by atoms with van der Waals surface area (Å²) in [6, 6.07) is 11.6. The van der Waals surface area contributed by atoms with Crippen LogP contribution in [0.1, 0.15) is 20.0 Å². The summed E-state index contributed by atoms with van der Waals surface area (Å²) in [6.07, 6.45) is 0. The predicted molar refractivity (Wildman–Crippen MR) is 93.2 cm³/mol. The molecule has 7 heteroatoms. The van der Waals surface area contributed by atoms with Crippen molar-refractivity contribution in [2.24, 2.45) is 0 Å². The van der Waals surface area contributed by atoms with Gasteiger partial charge in [-0.15, -0.1) is 11.3 Å². The van der Waals surface area contributed by atoms with E-state index in [0.717, 1.165) is 10.1 Å². The van der Waals surface area contributed by atoms with Gasteiger partial charge in [-0.25, -0.2) is 4.79 Å². The van der Waals surface area contributed by atoms with Gasteiger partial charge in [-0.3, -0.25) is 4.79 Å². The summed E-state index contributed by atoms with van der Waals surface area (Å²) in [5, 5.41) is 13.2. The molecule has 2 aromatic carbocycles. The average molecular weight is 366 g/mol. The number of halogens is 2. The third-order valence-electron chi connectivity index (χ3n) is 3.20. The fourth-order valence-electron chi connectivity index (χ4n) is 2.14. The zero-order chi connectivity index (χ0) is 16.6. The molecule has 0 unspecified atom stereocenters. The summed E-state index contributed by atoms with van der Waals surface area (Å²) in [4.78, 5) is 24.1. The quantitative estimate of drug-likeness (QED) is 0.673. The first kappa shape index (κ1) is 15.8. The number of aromatic carboxylic acids is 1. The monoisotopic (exact) mass is 365 g/mol. The lowest BCUT2D eigenvalue weighted by molar-refractivity contribution is 0.0698. The summed E-state index contributed by atoms with van der Waals surface area (Å²) >= 11 is 13.3. The standard InChI is InChI=1S/C16H9Cl2NO3S/c17-8-5-6-11(10(7-8)16(21)22)19-15(20)14-13(18)9-3-1-2-4-12(9)23-14/h1-7H,(H,19,20)(H,21,22). The van der Waals surface area contributed by atoms with E-state index in [1.54, 1.807) is 0 Å². The Morgan fingerprint density at radius 3 is 2.52 bits per heavy atom. The van der Waals surface area contributed by atoms with Gasteiger partial charge in [0.05, 0.1) is 16.3 Å². The van der Waals surface area contributed by atoms with E-state index in [4.69, 9.17) is 23.2 Å². The summed E-state index contributed by atoms with van der Waals surface area (Å²) in [5.74, 6) is -1.63. The number of thiophene rings is 1. The second kappa shape index (κ2) is 6.20. The van der Waals surface area contributed by atoms with Crippen molar-refractivity contribution in [3.63, 3.8) is 0 Å². The van der Waals surface area contributed by atoms with Crippen LogP contribution in [0.3, 0.4) is 0 Å². The third kappa shape index (κ3) is 3.03. The van der Waals surface area contributed by atoms with E-state index >= 15 is 0 Å². The largest absolute Gasteiger partial charge is 0.478 e. The Bertz CT molecular complexity index is 936. The van der Waals surface area contributed by atoms with Gasteiger partial charge in [0.1, 0.15) is 4.88 Å². The van der Waals surface area contributed by atoms with Crippen molar-refractivity contribution in [2.75, 3.05) is 5.32 Å². The number of anilines is 1. The van der Waals surface area contributed by atoms with Gasteiger partial charge in [0.15, 0.2) is 0 Å². The van der Waals surface area contributed by atoms with Gasteiger partial charge in [0, 0.05) is 15.1 Å². The summed E-state index contributed by atoms with van der Waals surface area (Å²) in [6.45, 7) is 0. The second-order valence-corrected chi connectivity index (χ2v) is 6.56. The van der Waals surface area contributed by atoms with Gasteiger partial charge in [0.25, 0.3) is 5.91 Å². The van der Waals surface area contributed by atoms with Gasteiger partial charge < -0.3 is 10.4 Å². The maximum absolute atomic E-state index is 12.5. The number of carbonyl (C=O) groups excluding carboxylic acids is 1. The van der Waals surface area contributed by atoms with Gasteiger partial charge in [-0.2, -0.15) is 0 Å². The fraction of sp³-hybridized carbons (Fsp3) is 0. The van der Waals surface area contributed by atoms with Gasteiger partial charge in [-0.05, 0) is 24.3 Å². The van der Waals surface area contributed by atoms with Crippen LogP contribution in [-0.4, -0.2) is 17.0 Å². The molecular formula is C16H9Cl2NO3S. The molecule has 3 aromatic rings. The van der Waals surface area contributed by atoms with Crippen molar-refractivity contribution in [1.82, 2.24) is 0 Å². The molecule has 0 spiro atoms. The number of amides is 1. The van der Waals surface area contributed by atoms with Crippen LogP contribution in [0.25, 0.3) is 10.1 Å². The van der Waals surface area contributed by atoms with Crippen LogP contribution in [-0.2, 0) is 0 Å². The van der Waals surface area contributed by atoms with E-state index < -0.39 is 11.9 Å². The van der Waals surface area contributed by atoms with E-state index in [-0.39, 0.29) is 16.3 Å². The molecule has 0 saturated carbocycles. The molecule has 0 atom stereocenters. The minimum atomic E-state index is -1.18. The van der Waals surface area contributed by atoms with Crippen molar-refractivity contribution in [3.05, 3.63) is 63.0 Å². The van der Waals surface area contributed by atoms with Crippen molar-refractivity contribution >= 4 is 62.2 Å². The lowest BCUT2D eigenvalue weighted by Crippen LogP contribution is -2.14. The molecule has 3 rings (SSSR count). The highest BCUT2D eigenvalue weighted by Gasteiger charge is 2.19. The number of carboxylic acids is 1. The Morgan fingerprint density at radius 2 is 1.83 bits per heavy atom. The van der Waals surface area contributed by atoms with Crippen molar-refractivity contribution in [3.8, 4) is 0 Å². The Labute approximate surface area is 145 Å². The van der Waals surface area contributed by atoms with Gasteiger partial charge >= 0.3 is 5.97 Å². The second-order valence-electron chi connectivity index (χ2n) is 4.69. The highest BCUT2D eigenvalue weighted by molar-refractivity contribution is 7.21. The molecule has 0 fully saturated rings. The zero-order valence-electron chi connectivity index (χ0n) is 11.5. The van der Waals surface area contributed by atoms with Crippen LogP contribution in [0, 0.1) is 0 Å². The Morgan fingerprint density at radius 1 is 1.09 bits per heavy atom. The molecule has 2 N–H and O–H groups in total. The first-order valence-corrected chi connectivity index (χ1v) is 8.06. The molecule has 0 radical (unpaired) electrons. The molecule has 4 nitrogen and oxygen atoms in total. The summed E-state index contributed by atoms with van der Waals surface area (Å²) in [5.41, 5.74) is 0.0866. The number of fused-ring (bicyclic) bond motifs is 1. The SMILES string of the molecule is O=C(O)c1cc(Cl)ccc1NC(=O)c1sc2ccccc2c1Cl. The number of rotatable bonds is 3. The van der Waals surface area contributed by atoms with E-state index in [2.05, 4.69) is 5.32 Å². The average Bonchev–Trinajstić information content (AvgIpc) is 2.86. The smallest absolute Gasteiger partial charge is 0.337 e. The topological polar surface area (TPSA) is 66.4 Å². The third-order valence-corrected chi connectivity index (χ3v) is 5.11. The van der Waals surface area contributed by atoms with E-state index in [1.165, 1.54) is 29.5 Å². The molecule has 0 bridgehead atoms. The van der Waals surface area contributed by atoms with Crippen molar-refractivity contribution < 1.29 is 14.7 Å². The lowest BCUT2D eigenvalue weighted by atomic mass is 10.1. The highest BCUT2D eigenvalue weighted by Crippen LogP contribution is 2.35. The van der Waals surface area contributed by atoms with Crippen molar-refractivity contribution in [1.29, 1.82) is 0 Å². The molecule has 0 saturated heterocycles. The number of hydrogen-bond acceptors (Lipinski definition) is 3. The maximum Gasteiger partial charge on any atom is 0.337 e. The van der Waals surface area contributed by atoms with Crippen LogP contribution >= 0.6 is 34.5 Å². The molecular weight excluding hydrogens is 357 g/mol. The van der Waals surface area contributed by atoms with E-state index in [0.29, 0.717) is 9.90 Å². The number of hydrogen-bond donors (Lipinski definition) is 2. The predicted octanol–water partition coefficient (Wildman–Crippen LogP) is 5.16. The minimum Gasteiger partial charge on any atom is -0.478 e. The maximum atomic E-state index is 12.5. The molecule has 23 heavy (non-hydrogen) atoms. The van der Waals surface area contributed by atoms with Crippen LogP contribution in [0.4, 0.5) is 5.69 Å². The molecule has 0 aliphatic rings.